The van der Waals surface area contributed by atoms with Crippen molar-refractivity contribution < 1.29 is 24.9 Å². The lowest BCUT2D eigenvalue weighted by atomic mass is 10.4. The van der Waals surface area contributed by atoms with Gasteiger partial charge in [-0.3, -0.25) is 0 Å². The van der Waals surface area contributed by atoms with Crippen molar-refractivity contribution in [2.75, 3.05) is 19.8 Å². The van der Waals surface area contributed by atoms with E-state index in [-0.39, 0.29) is 19.8 Å². The van der Waals surface area contributed by atoms with E-state index in [2.05, 4.69) is 11.3 Å². The number of carbonyl (C=O) groups is 1. The molecule has 1 atom stereocenters. The first-order valence-electron chi connectivity index (χ1n) is 3.77. The second-order valence-corrected chi connectivity index (χ2v) is 2.13. The maximum Gasteiger partial charge on any atom is 0.330 e. The maximum absolute atomic E-state index is 10.3. The van der Waals surface area contributed by atoms with E-state index >= 15 is 0 Å². The van der Waals surface area contributed by atoms with Crippen LogP contribution in [0.2, 0.25) is 0 Å². The third-order valence-corrected chi connectivity index (χ3v) is 0.733. The highest BCUT2D eigenvalue weighted by atomic mass is 16.5. The molecule has 0 aromatic rings. The van der Waals surface area contributed by atoms with Crippen LogP contribution in [-0.2, 0) is 9.53 Å². The SMILES string of the molecule is C=CC(=O)OCC(C)O.OCCO. The Bertz CT molecular complexity index is 130. The molecule has 1 unspecified atom stereocenters. The van der Waals surface area contributed by atoms with Crippen LogP contribution in [0.5, 0.6) is 0 Å². The van der Waals surface area contributed by atoms with Gasteiger partial charge >= 0.3 is 5.97 Å². The molecule has 3 N–H and O–H groups in total. The maximum atomic E-state index is 10.3. The first-order valence-corrected chi connectivity index (χ1v) is 3.77. The average Bonchev–Trinajstić information content (AvgIpc) is 2.14. The molecule has 0 aliphatic rings. The molecule has 78 valence electrons. The van der Waals surface area contributed by atoms with E-state index in [1.54, 1.807) is 0 Å². The van der Waals surface area contributed by atoms with Crippen molar-refractivity contribution >= 4 is 5.97 Å². The van der Waals surface area contributed by atoms with Crippen LogP contribution in [0.25, 0.3) is 0 Å². The number of aliphatic hydroxyl groups excluding tert-OH is 3. The summed E-state index contributed by atoms with van der Waals surface area (Å²) in [4.78, 5) is 10.3. The number of hydrogen-bond donors (Lipinski definition) is 3. The van der Waals surface area contributed by atoms with Crippen molar-refractivity contribution in [3.63, 3.8) is 0 Å². The zero-order valence-electron chi connectivity index (χ0n) is 7.64. The number of hydrogen-bond acceptors (Lipinski definition) is 5. The summed E-state index contributed by atoms with van der Waals surface area (Å²) >= 11 is 0. The standard InChI is InChI=1S/C6H10O3.C2H6O2/c1-3-6(8)9-4-5(2)7;3-1-2-4/h3,5,7H,1,4H2,2H3;3-4H,1-2H2. The molecule has 0 spiro atoms. The van der Waals surface area contributed by atoms with Crippen molar-refractivity contribution in [3.05, 3.63) is 12.7 Å². The number of rotatable bonds is 4. The lowest BCUT2D eigenvalue weighted by Gasteiger charge is -2.02. The molecule has 0 aliphatic heterocycles. The van der Waals surface area contributed by atoms with E-state index in [4.69, 9.17) is 15.3 Å². The molecule has 5 nitrogen and oxygen atoms in total. The van der Waals surface area contributed by atoms with Crippen LogP contribution in [0.3, 0.4) is 0 Å². The van der Waals surface area contributed by atoms with Gasteiger partial charge < -0.3 is 20.1 Å². The molecule has 0 saturated carbocycles. The van der Waals surface area contributed by atoms with E-state index in [1.807, 2.05) is 0 Å². The Morgan fingerprint density at radius 3 is 2.23 bits per heavy atom. The third kappa shape index (κ3) is 18.2. The van der Waals surface area contributed by atoms with E-state index in [0.29, 0.717) is 0 Å². The Labute approximate surface area is 77.3 Å². The summed E-state index contributed by atoms with van der Waals surface area (Å²) < 4.78 is 4.45. The van der Waals surface area contributed by atoms with Gasteiger partial charge in [0.15, 0.2) is 0 Å². The molecule has 0 radical (unpaired) electrons. The summed E-state index contributed by atoms with van der Waals surface area (Å²) in [6.45, 7) is 4.50. The van der Waals surface area contributed by atoms with Crippen molar-refractivity contribution in [3.8, 4) is 0 Å². The Hall–Kier alpha value is -0.910. The molecule has 0 rings (SSSR count). The number of aliphatic hydroxyl groups is 3. The highest BCUT2D eigenvalue weighted by molar-refractivity contribution is 5.81. The lowest BCUT2D eigenvalue weighted by Crippen LogP contribution is -2.13. The van der Waals surface area contributed by atoms with Crippen LogP contribution in [0.15, 0.2) is 12.7 Å². The van der Waals surface area contributed by atoms with Crippen molar-refractivity contribution in [2.24, 2.45) is 0 Å². The van der Waals surface area contributed by atoms with Gasteiger partial charge in [0.25, 0.3) is 0 Å². The Kier molecular flexibility index (Phi) is 12.5. The van der Waals surface area contributed by atoms with Gasteiger partial charge in [-0.2, -0.15) is 0 Å². The minimum atomic E-state index is -0.603. The minimum absolute atomic E-state index is 0.0326. The summed E-state index contributed by atoms with van der Waals surface area (Å²) in [6, 6.07) is 0. The highest BCUT2D eigenvalue weighted by Gasteiger charge is 1.98. The van der Waals surface area contributed by atoms with Gasteiger partial charge in [0.05, 0.1) is 19.3 Å². The van der Waals surface area contributed by atoms with Crippen LogP contribution in [-0.4, -0.2) is 47.2 Å². The molecule has 0 heterocycles. The van der Waals surface area contributed by atoms with Crippen LogP contribution in [0.1, 0.15) is 6.92 Å². The summed E-state index contributed by atoms with van der Waals surface area (Å²) in [7, 11) is 0. The van der Waals surface area contributed by atoms with Gasteiger partial charge in [0, 0.05) is 6.08 Å². The third-order valence-electron chi connectivity index (χ3n) is 0.733. The molecule has 0 aromatic heterocycles. The van der Waals surface area contributed by atoms with Gasteiger partial charge in [-0.15, -0.1) is 0 Å². The topological polar surface area (TPSA) is 87.0 Å². The largest absolute Gasteiger partial charge is 0.460 e. The number of ether oxygens (including phenoxy) is 1. The molecule has 0 saturated heterocycles. The van der Waals surface area contributed by atoms with Crippen molar-refractivity contribution in [2.45, 2.75) is 13.0 Å². The summed E-state index contributed by atoms with van der Waals surface area (Å²) in [5.41, 5.74) is 0. The normalized spacial score (nSPS) is 10.8. The fourth-order valence-corrected chi connectivity index (χ4v) is 0.262. The monoisotopic (exact) mass is 192 g/mol. The fraction of sp³-hybridized carbons (Fsp3) is 0.625. The van der Waals surface area contributed by atoms with Crippen molar-refractivity contribution in [1.82, 2.24) is 0 Å². The van der Waals surface area contributed by atoms with Gasteiger partial charge in [0.1, 0.15) is 6.61 Å². The van der Waals surface area contributed by atoms with Crippen LogP contribution >= 0.6 is 0 Å². The van der Waals surface area contributed by atoms with Gasteiger partial charge in [-0.1, -0.05) is 6.58 Å². The second-order valence-electron chi connectivity index (χ2n) is 2.13. The first kappa shape index (κ1) is 14.6. The predicted octanol–water partition coefficient (Wildman–Crippen LogP) is -0.933. The fourth-order valence-electron chi connectivity index (χ4n) is 0.262. The first-order chi connectivity index (χ1) is 6.08. The smallest absolute Gasteiger partial charge is 0.330 e. The molecular weight excluding hydrogens is 176 g/mol. The number of esters is 1. The molecule has 13 heavy (non-hydrogen) atoms. The second kappa shape index (κ2) is 11.1. The lowest BCUT2D eigenvalue weighted by molar-refractivity contribution is -0.140. The van der Waals surface area contributed by atoms with Crippen molar-refractivity contribution in [1.29, 1.82) is 0 Å². The molecule has 0 amide bonds. The summed E-state index contributed by atoms with van der Waals surface area (Å²) in [5, 5.41) is 23.8. The molecular formula is C8H16O5. The zero-order valence-corrected chi connectivity index (χ0v) is 7.64. The quantitative estimate of drug-likeness (QED) is 0.395. The molecule has 0 bridgehead atoms. The molecule has 0 fully saturated rings. The summed E-state index contributed by atoms with van der Waals surface area (Å²) in [5.74, 6) is -0.504. The Morgan fingerprint density at radius 1 is 1.54 bits per heavy atom. The summed E-state index contributed by atoms with van der Waals surface area (Å²) in [6.07, 6.45) is 0.455. The van der Waals surface area contributed by atoms with E-state index in [0.717, 1.165) is 6.08 Å². The van der Waals surface area contributed by atoms with Gasteiger partial charge in [-0.05, 0) is 6.92 Å². The predicted molar refractivity (Wildman–Crippen MR) is 47.0 cm³/mol. The van der Waals surface area contributed by atoms with E-state index in [9.17, 15) is 4.79 Å². The number of carbonyl (C=O) groups excluding carboxylic acids is 1. The zero-order chi connectivity index (χ0) is 10.7. The van der Waals surface area contributed by atoms with E-state index < -0.39 is 12.1 Å². The minimum Gasteiger partial charge on any atom is -0.460 e. The van der Waals surface area contributed by atoms with Crippen LogP contribution in [0.4, 0.5) is 0 Å². The Morgan fingerprint density at radius 2 is 2.00 bits per heavy atom. The molecule has 0 aliphatic carbocycles. The van der Waals surface area contributed by atoms with Crippen LogP contribution in [0, 0.1) is 0 Å². The molecule has 0 aromatic carbocycles. The van der Waals surface area contributed by atoms with Gasteiger partial charge in [0.2, 0.25) is 0 Å². The Balaban J connectivity index is 0. The van der Waals surface area contributed by atoms with Gasteiger partial charge in [-0.25, -0.2) is 4.79 Å². The van der Waals surface area contributed by atoms with Crippen LogP contribution < -0.4 is 0 Å². The average molecular weight is 192 g/mol. The highest BCUT2D eigenvalue weighted by Crippen LogP contribution is 1.83. The molecule has 5 heteroatoms. The van der Waals surface area contributed by atoms with E-state index in [1.165, 1.54) is 6.92 Å².